The standard InChI is InChI=1S/C16H11BrClNO/c17-10-12-4-6-13(8-15(12)18)20-14-5-3-11-2-1-7-19-16(11)9-14/h1-9H,10H2. The van der Waals surface area contributed by atoms with Crippen molar-refractivity contribution >= 4 is 38.4 Å². The lowest BCUT2D eigenvalue weighted by atomic mass is 10.2. The summed E-state index contributed by atoms with van der Waals surface area (Å²) >= 11 is 9.56. The van der Waals surface area contributed by atoms with Gasteiger partial charge in [-0.3, -0.25) is 4.98 Å². The fourth-order valence-electron chi connectivity index (χ4n) is 1.95. The minimum Gasteiger partial charge on any atom is -0.457 e. The van der Waals surface area contributed by atoms with Crippen molar-refractivity contribution in [1.82, 2.24) is 4.98 Å². The average Bonchev–Trinajstić information content (AvgIpc) is 2.47. The maximum atomic E-state index is 6.17. The largest absolute Gasteiger partial charge is 0.457 e. The molecule has 0 bridgehead atoms. The summed E-state index contributed by atoms with van der Waals surface area (Å²) in [4.78, 5) is 4.32. The minimum absolute atomic E-state index is 0.693. The molecular formula is C16H11BrClNO. The molecule has 3 aromatic rings. The van der Waals surface area contributed by atoms with Crippen molar-refractivity contribution in [3.05, 3.63) is 65.3 Å². The first-order valence-corrected chi connectivity index (χ1v) is 7.63. The van der Waals surface area contributed by atoms with Gasteiger partial charge in [0.05, 0.1) is 5.52 Å². The number of hydrogen-bond donors (Lipinski definition) is 0. The molecule has 1 heterocycles. The highest BCUT2D eigenvalue weighted by molar-refractivity contribution is 9.08. The summed E-state index contributed by atoms with van der Waals surface area (Å²) in [5, 5.41) is 2.51. The van der Waals surface area contributed by atoms with Crippen molar-refractivity contribution in [3.63, 3.8) is 0 Å². The number of fused-ring (bicyclic) bond motifs is 1. The maximum absolute atomic E-state index is 6.17. The van der Waals surface area contributed by atoms with E-state index in [9.17, 15) is 0 Å². The van der Waals surface area contributed by atoms with Gasteiger partial charge in [0, 0.05) is 28.0 Å². The molecule has 0 N–H and O–H groups in total. The molecule has 4 heteroatoms. The van der Waals surface area contributed by atoms with Crippen LogP contribution in [0.15, 0.2) is 54.7 Å². The lowest BCUT2D eigenvalue weighted by Crippen LogP contribution is -1.87. The van der Waals surface area contributed by atoms with Crippen molar-refractivity contribution < 1.29 is 4.74 Å². The zero-order chi connectivity index (χ0) is 13.9. The third-order valence-corrected chi connectivity index (χ3v) is 3.94. The Morgan fingerprint density at radius 3 is 2.65 bits per heavy atom. The molecule has 100 valence electrons. The molecule has 1 aromatic heterocycles. The number of rotatable bonds is 3. The number of pyridine rings is 1. The van der Waals surface area contributed by atoms with E-state index in [1.54, 1.807) is 6.20 Å². The molecule has 0 spiro atoms. The van der Waals surface area contributed by atoms with Crippen LogP contribution in [0.3, 0.4) is 0 Å². The molecule has 0 saturated heterocycles. The van der Waals surface area contributed by atoms with Crippen LogP contribution in [-0.2, 0) is 5.33 Å². The predicted octanol–water partition coefficient (Wildman–Crippen LogP) is 5.58. The number of nitrogens with zero attached hydrogens (tertiary/aromatic N) is 1. The van der Waals surface area contributed by atoms with Crippen LogP contribution in [-0.4, -0.2) is 4.98 Å². The van der Waals surface area contributed by atoms with Crippen LogP contribution < -0.4 is 4.74 Å². The fourth-order valence-corrected chi connectivity index (χ4v) is 2.83. The van der Waals surface area contributed by atoms with Gasteiger partial charge >= 0.3 is 0 Å². The Balaban J connectivity index is 1.90. The zero-order valence-electron chi connectivity index (χ0n) is 10.5. The van der Waals surface area contributed by atoms with Gasteiger partial charge in [-0.15, -0.1) is 0 Å². The molecule has 0 aliphatic carbocycles. The molecular weight excluding hydrogens is 338 g/mol. The zero-order valence-corrected chi connectivity index (χ0v) is 12.9. The number of aromatic nitrogens is 1. The first-order chi connectivity index (χ1) is 9.76. The van der Waals surface area contributed by atoms with Gasteiger partial charge in [0.25, 0.3) is 0 Å². The lowest BCUT2D eigenvalue weighted by molar-refractivity contribution is 0.483. The van der Waals surface area contributed by atoms with Gasteiger partial charge in [0.1, 0.15) is 11.5 Å². The Kier molecular flexibility index (Phi) is 3.90. The van der Waals surface area contributed by atoms with Crippen LogP contribution in [0.5, 0.6) is 11.5 Å². The average molecular weight is 349 g/mol. The molecule has 0 aliphatic heterocycles. The van der Waals surface area contributed by atoms with Gasteiger partial charge in [-0.05, 0) is 35.9 Å². The highest BCUT2D eigenvalue weighted by atomic mass is 79.9. The van der Waals surface area contributed by atoms with Crippen molar-refractivity contribution in [2.24, 2.45) is 0 Å². The SMILES string of the molecule is Clc1cc(Oc2ccc3cccnc3c2)ccc1CBr. The monoisotopic (exact) mass is 347 g/mol. The first-order valence-electron chi connectivity index (χ1n) is 6.13. The Bertz CT molecular complexity index is 760. The molecule has 2 nitrogen and oxygen atoms in total. The third-order valence-electron chi connectivity index (χ3n) is 2.98. The highest BCUT2D eigenvalue weighted by Gasteiger charge is 2.04. The molecule has 20 heavy (non-hydrogen) atoms. The summed E-state index contributed by atoms with van der Waals surface area (Å²) < 4.78 is 5.83. The van der Waals surface area contributed by atoms with Gasteiger partial charge in [-0.1, -0.05) is 39.7 Å². The molecule has 0 aliphatic rings. The summed E-state index contributed by atoms with van der Waals surface area (Å²) in [6, 6.07) is 15.5. The van der Waals surface area contributed by atoms with E-state index in [-0.39, 0.29) is 0 Å². The van der Waals surface area contributed by atoms with E-state index in [1.807, 2.05) is 48.5 Å². The second kappa shape index (κ2) is 5.81. The van der Waals surface area contributed by atoms with Crippen LogP contribution in [0.2, 0.25) is 5.02 Å². The Morgan fingerprint density at radius 1 is 1.05 bits per heavy atom. The molecule has 0 radical (unpaired) electrons. The minimum atomic E-state index is 0.693. The predicted molar refractivity (Wildman–Crippen MR) is 85.9 cm³/mol. The van der Waals surface area contributed by atoms with Gasteiger partial charge in [-0.2, -0.15) is 0 Å². The van der Waals surface area contributed by atoms with Crippen molar-refractivity contribution in [1.29, 1.82) is 0 Å². The van der Waals surface area contributed by atoms with E-state index in [0.717, 1.165) is 33.3 Å². The summed E-state index contributed by atoms with van der Waals surface area (Å²) in [5.74, 6) is 1.47. The first kappa shape index (κ1) is 13.4. The van der Waals surface area contributed by atoms with E-state index >= 15 is 0 Å². The summed E-state index contributed by atoms with van der Waals surface area (Å²) in [6.07, 6.45) is 1.77. The topological polar surface area (TPSA) is 22.1 Å². The van der Waals surface area contributed by atoms with E-state index < -0.39 is 0 Å². The second-order valence-electron chi connectivity index (χ2n) is 4.35. The number of ether oxygens (including phenoxy) is 1. The van der Waals surface area contributed by atoms with Gasteiger partial charge in [0.15, 0.2) is 0 Å². The van der Waals surface area contributed by atoms with E-state index in [0.29, 0.717) is 5.02 Å². The quantitative estimate of drug-likeness (QED) is 0.577. The smallest absolute Gasteiger partial charge is 0.129 e. The van der Waals surface area contributed by atoms with E-state index in [2.05, 4.69) is 20.9 Å². The van der Waals surface area contributed by atoms with Crippen molar-refractivity contribution in [2.75, 3.05) is 0 Å². The Labute approximate surface area is 130 Å². The number of benzene rings is 2. The fraction of sp³-hybridized carbons (Fsp3) is 0.0625. The molecule has 3 rings (SSSR count). The Morgan fingerprint density at radius 2 is 1.85 bits per heavy atom. The van der Waals surface area contributed by atoms with E-state index in [1.165, 1.54) is 0 Å². The van der Waals surface area contributed by atoms with Crippen LogP contribution in [0.25, 0.3) is 10.9 Å². The molecule has 0 saturated carbocycles. The lowest BCUT2D eigenvalue weighted by Gasteiger charge is -2.08. The summed E-state index contributed by atoms with van der Waals surface area (Å²) in [6.45, 7) is 0. The Hall–Kier alpha value is -1.58. The maximum Gasteiger partial charge on any atom is 0.129 e. The van der Waals surface area contributed by atoms with Gasteiger partial charge < -0.3 is 4.74 Å². The van der Waals surface area contributed by atoms with Crippen LogP contribution in [0, 0.1) is 0 Å². The third kappa shape index (κ3) is 2.79. The molecule has 0 amide bonds. The van der Waals surface area contributed by atoms with Crippen LogP contribution >= 0.6 is 27.5 Å². The number of alkyl halides is 1. The number of halogens is 2. The van der Waals surface area contributed by atoms with Crippen LogP contribution in [0.4, 0.5) is 0 Å². The van der Waals surface area contributed by atoms with Gasteiger partial charge in [-0.25, -0.2) is 0 Å². The van der Waals surface area contributed by atoms with E-state index in [4.69, 9.17) is 16.3 Å². The van der Waals surface area contributed by atoms with Crippen molar-refractivity contribution in [2.45, 2.75) is 5.33 Å². The highest BCUT2D eigenvalue weighted by Crippen LogP contribution is 2.29. The second-order valence-corrected chi connectivity index (χ2v) is 5.31. The normalized spacial score (nSPS) is 10.7. The molecule has 0 fully saturated rings. The molecule has 2 aromatic carbocycles. The summed E-state index contributed by atoms with van der Waals surface area (Å²) in [7, 11) is 0. The summed E-state index contributed by atoms with van der Waals surface area (Å²) in [5.41, 5.74) is 1.95. The molecule has 0 unspecified atom stereocenters. The van der Waals surface area contributed by atoms with Gasteiger partial charge in [0.2, 0.25) is 0 Å². The number of hydrogen-bond acceptors (Lipinski definition) is 2. The van der Waals surface area contributed by atoms with Crippen LogP contribution in [0.1, 0.15) is 5.56 Å². The van der Waals surface area contributed by atoms with Crippen molar-refractivity contribution in [3.8, 4) is 11.5 Å². The molecule has 0 atom stereocenters.